The standard InChI is InChI=1S/C22H26N2O5S/c1-16-4-5-17(2)21(14-16)30(26,27)24-10-8-23(9-11-24)22(25)18-6-7-19-20(15-18)29-13-3-12-28-19/h4-7,14-15H,3,8-13H2,1-2H3. The first-order chi connectivity index (χ1) is 14.4. The summed E-state index contributed by atoms with van der Waals surface area (Å²) in [5.41, 5.74) is 2.15. The van der Waals surface area contributed by atoms with Crippen molar-refractivity contribution >= 4 is 15.9 Å². The highest BCUT2D eigenvalue weighted by Crippen LogP contribution is 2.31. The van der Waals surface area contributed by atoms with Crippen molar-refractivity contribution in [3.63, 3.8) is 0 Å². The molecule has 1 fully saturated rings. The Hall–Kier alpha value is -2.58. The van der Waals surface area contributed by atoms with Gasteiger partial charge in [-0.1, -0.05) is 12.1 Å². The monoisotopic (exact) mass is 430 g/mol. The van der Waals surface area contributed by atoms with E-state index in [4.69, 9.17) is 9.47 Å². The zero-order chi connectivity index (χ0) is 21.3. The van der Waals surface area contributed by atoms with Crippen molar-refractivity contribution in [2.24, 2.45) is 0 Å². The second-order valence-electron chi connectivity index (χ2n) is 7.68. The third kappa shape index (κ3) is 4.02. The Morgan fingerprint density at radius 1 is 0.900 bits per heavy atom. The Morgan fingerprint density at radius 2 is 1.60 bits per heavy atom. The van der Waals surface area contributed by atoms with Gasteiger partial charge in [-0.2, -0.15) is 4.31 Å². The van der Waals surface area contributed by atoms with E-state index in [2.05, 4.69) is 0 Å². The van der Waals surface area contributed by atoms with E-state index in [1.807, 2.05) is 19.1 Å². The Morgan fingerprint density at radius 3 is 2.33 bits per heavy atom. The van der Waals surface area contributed by atoms with Crippen LogP contribution in [0.3, 0.4) is 0 Å². The summed E-state index contributed by atoms with van der Waals surface area (Å²) in [5.74, 6) is 1.09. The van der Waals surface area contributed by atoms with Gasteiger partial charge in [0, 0.05) is 38.2 Å². The average molecular weight is 431 g/mol. The second-order valence-corrected chi connectivity index (χ2v) is 9.58. The number of carbonyl (C=O) groups is 1. The molecule has 0 radical (unpaired) electrons. The van der Waals surface area contributed by atoms with Crippen LogP contribution >= 0.6 is 0 Å². The van der Waals surface area contributed by atoms with E-state index in [9.17, 15) is 13.2 Å². The predicted molar refractivity (Wildman–Crippen MR) is 113 cm³/mol. The molecule has 2 aliphatic heterocycles. The smallest absolute Gasteiger partial charge is 0.254 e. The summed E-state index contributed by atoms with van der Waals surface area (Å²) >= 11 is 0. The van der Waals surface area contributed by atoms with Gasteiger partial charge in [-0.25, -0.2) is 8.42 Å². The molecule has 0 atom stereocenters. The number of carbonyl (C=O) groups excluding carboxylic acids is 1. The molecule has 4 rings (SSSR count). The van der Waals surface area contributed by atoms with Crippen LogP contribution in [-0.2, 0) is 10.0 Å². The number of hydrogen-bond acceptors (Lipinski definition) is 5. The van der Waals surface area contributed by atoms with Gasteiger partial charge < -0.3 is 14.4 Å². The summed E-state index contributed by atoms with van der Waals surface area (Å²) in [7, 11) is -3.59. The van der Waals surface area contributed by atoms with Crippen molar-refractivity contribution in [2.75, 3.05) is 39.4 Å². The van der Waals surface area contributed by atoms with E-state index in [1.165, 1.54) is 4.31 Å². The van der Waals surface area contributed by atoms with E-state index in [0.717, 1.165) is 17.5 Å². The quantitative estimate of drug-likeness (QED) is 0.748. The van der Waals surface area contributed by atoms with Crippen molar-refractivity contribution in [3.05, 3.63) is 53.1 Å². The number of hydrogen-bond donors (Lipinski definition) is 0. The van der Waals surface area contributed by atoms with E-state index in [-0.39, 0.29) is 19.0 Å². The van der Waals surface area contributed by atoms with Gasteiger partial charge in [-0.05, 0) is 49.2 Å². The van der Waals surface area contributed by atoms with Crippen LogP contribution in [0, 0.1) is 13.8 Å². The van der Waals surface area contributed by atoms with Crippen LogP contribution in [0.1, 0.15) is 27.9 Å². The van der Waals surface area contributed by atoms with Crippen molar-refractivity contribution in [3.8, 4) is 11.5 Å². The first kappa shape index (κ1) is 20.7. The Kier molecular flexibility index (Phi) is 5.71. The zero-order valence-corrected chi connectivity index (χ0v) is 18.1. The molecule has 160 valence electrons. The number of ether oxygens (including phenoxy) is 2. The lowest BCUT2D eigenvalue weighted by atomic mass is 10.1. The number of sulfonamides is 1. The largest absolute Gasteiger partial charge is 0.490 e. The molecule has 8 heteroatoms. The van der Waals surface area contributed by atoms with Crippen molar-refractivity contribution in [1.82, 2.24) is 9.21 Å². The van der Waals surface area contributed by atoms with Crippen LogP contribution in [0.2, 0.25) is 0 Å². The molecule has 0 unspecified atom stereocenters. The highest BCUT2D eigenvalue weighted by molar-refractivity contribution is 7.89. The number of nitrogens with zero attached hydrogens (tertiary/aromatic N) is 2. The fourth-order valence-electron chi connectivity index (χ4n) is 3.73. The molecular weight excluding hydrogens is 404 g/mol. The molecule has 7 nitrogen and oxygen atoms in total. The van der Waals surface area contributed by atoms with E-state index in [1.54, 1.807) is 36.1 Å². The minimum Gasteiger partial charge on any atom is -0.490 e. The summed E-state index contributed by atoms with van der Waals surface area (Å²) < 4.78 is 38.9. The Balaban J connectivity index is 1.46. The number of rotatable bonds is 3. The van der Waals surface area contributed by atoms with Crippen LogP contribution in [-0.4, -0.2) is 62.9 Å². The highest BCUT2D eigenvalue weighted by Gasteiger charge is 2.31. The van der Waals surface area contributed by atoms with Gasteiger partial charge in [0.2, 0.25) is 10.0 Å². The minimum atomic E-state index is -3.59. The molecule has 0 aromatic heterocycles. The summed E-state index contributed by atoms with van der Waals surface area (Å²) in [4.78, 5) is 15.0. The van der Waals surface area contributed by atoms with Crippen molar-refractivity contribution in [1.29, 1.82) is 0 Å². The normalized spacial score (nSPS) is 17.5. The molecule has 0 saturated carbocycles. The predicted octanol–water partition coefficient (Wildman–Crippen LogP) is 2.61. The van der Waals surface area contributed by atoms with Crippen molar-refractivity contribution in [2.45, 2.75) is 25.2 Å². The van der Waals surface area contributed by atoms with Crippen molar-refractivity contribution < 1.29 is 22.7 Å². The number of fused-ring (bicyclic) bond motifs is 1. The molecular formula is C22H26N2O5S. The molecule has 0 spiro atoms. The first-order valence-corrected chi connectivity index (χ1v) is 11.6. The maximum absolute atomic E-state index is 13.1. The minimum absolute atomic E-state index is 0.130. The number of amides is 1. The maximum atomic E-state index is 13.1. The lowest BCUT2D eigenvalue weighted by molar-refractivity contribution is 0.0697. The zero-order valence-electron chi connectivity index (χ0n) is 17.3. The Labute approximate surface area is 177 Å². The number of aryl methyl sites for hydroxylation is 2. The van der Waals surface area contributed by atoms with Gasteiger partial charge in [-0.15, -0.1) is 0 Å². The fourth-order valence-corrected chi connectivity index (χ4v) is 5.47. The van der Waals surface area contributed by atoms with Gasteiger partial charge >= 0.3 is 0 Å². The Bertz CT molecular complexity index is 1060. The molecule has 0 bridgehead atoms. The van der Waals surface area contributed by atoms with Crippen LogP contribution in [0.5, 0.6) is 11.5 Å². The van der Waals surface area contributed by atoms with Crippen LogP contribution < -0.4 is 9.47 Å². The lowest BCUT2D eigenvalue weighted by Crippen LogP contribution is -2.50. The summed E-state index contributed by atoms with van der Waals surface area (Å²) in [5, 5.41) is 0. The number of piperazine rings is 1. The van der Waals surface area contributed by atoms with Gasteiger partial charge in [0.25, 0.3) is 5.91 Å². The molecule has 0 N–H and O–H groups in total. The number of benzene rings is 2. The summed E-state index contributed by atoms with van der Waals surface area (Å²) in [6.45, 7) is 6.06. The fraction of sp³-hybridized carbons (Fsp3) is 0.409. The first-order valence-electron chi connectivity index (χ1n) is 10.1. The molecule has 1 saturated heterocycles. The van der Waals surface area contributed by atoms with Crippen LogP contribution in [0.15, 0.2) is 41.3 Å². The van der Waals surface area contributed by atoms with E-state index < -0.39 is 10.0 Å². The van der Waals surface area contributed by atoms with Crippen LogP contribution in [0.25, 0.3) is 0 Å². The van der Waals surface area contributed by atoms with Gasteiger partial charge in [-0.3, -0.25) is 4.79 Å². The average Bonchev–Trinajstić information content (AvgIpc) is 3.00. The SMILES string of the molecule is Cc1ccc(C)c(S(=O)(=O)N2CCN(C(=O)c3ccc4c(c3)OCCCO4)CC2)c1. The van der Waals surface area contributed by atoms with Gasteiger partial charge in [0.1, 0.15) is 0 Å². The van der Waals surface area contributed by atoms with Gasteiger partial charge in [0.15, 0.2) is 11.5 Å². The molecule has 2 aromatic rings. The third-order valence-electron chi connectivity index (χ3n) is 5.48. The molecule has 2 aromatic carbocycles. The molecule has 2 heterocycles. The summed E-state index contributed by atoms with van der Waals surface area (Å²) in [6, 6.07) is 10.6. The highest BCUT2D eigenvalue weighted by atomic mass is 32.2. The summed E-state index contributed by atoms with van der Waals surface area (Å²) in [6.07, 6.45) is 0.800. The van der Waals surface area contributed by atoms with Gasteiger partial charge in [0.05, 0.1) is 18.1 Å². The topological polar surface area (TPSA) is 76.2 Å². The second kappa shape index (κ2) is 8.28. The van der Waals surface area contributed by atoms with E-state index >= 15 is 0 Å². The van der Waals surface area contributed by atoms with E-state index in [0.29, 0.717) is 48.3 Å². The lowest BCUT2D eigenvalue weighted by Gasteiger charge is -2.34. The van der Waals surface area contributed by atoms with Crippen LogP contribution in [0.4, 0.5) is 0 Å². The molecule has 2 aliphatic rings. The molecule has 30 heavy (non-hydrogen) atoms. The third-order valence-corrected chi connectivity index (χ3v) is 7.52. The maximum Gasteiger partial charge on any atom is 0.254 e. The molecule has 0 aliphatic carbocycles. The molecule has 1 amide bonds.